The third-order valence-corrected chi connectivity index (χ3v) is 31.3. The molecule has 0 aromatic carbocycles. The van der Waals surface area contributed by atoms with Gasteiger partial charge in [0.25, 0.3) is 0 Å². The summed E-state index contributed by atoms with van der Waals surface area (Å²) in [5.74, 6) is 0. The summed E-state index contributed by atoms with van der Waals surface area (Å²) < 4.78 is 5.61. The molecule has 0 spiro atoms. The second-order valence-corrected chi connectivity index (χ2v) is 54.3. The Labute approximate surface area is 124 Å². The molecule has 0 saturated carbocycles. The number of hydrogen-bond donors (Lipinski definition) is 0. The monoisotopic (exact) mass is 576 g/mol. The van der Waals surface area contributed by atoms with Crippen LogP contribution in [0, 0.1) is 0 Å². The molecule has 0 aliphatic heterocycles. The predicted octanol–water partition coefficient (Wildman–Crippen LogP) is 3.38. The van der Waals surface area contributed by atoms with Crippen LogP contribution < -0.4 is 9.37 Å². The van der Waals surface area contributed by atoms with Crippen LogP contribution in [-0.2, 0) is 0 Å². The molecule has 0 saturated heterocycles. The Morgan fingerprint density at radius 2 is 1.18 bits per heavy atom. The van der Waals surface area contributed by atoms with Crippen LogP contribution >= 0.6 is 11.3 Å². The summed E-state index contributed by atoms with van der Waals surface area (Å²) in [5.41, 5.74) is 0. The fourth-order valence-corrected chi connectivity index (χ4v) is 38.7. The maximum absolute atomic E-state index is 2.67. The summed E-state index contributed by atoms with van der Waals surface area (Å²) in [6.45, 7) is 0. The van der Waals surface area contributed by atoms with Crippen molar-refractivity contribution in [3.05, 3.63) is 6.07 Å². The van der Waals surface area contributed by atoms with E-state index in [4.69, 9.17) is 0 Å². The van der Waals surface area contributed by atoms with Gasteiger partial charge in [-0.05, 0) is 0 Å². The van der Waals surface area contributed by atoms with Gasteiger partial charge >= 0.3 is 126 Å². The van der Waals surface area contributed by atoms with E-state index in [1.165, 1.54) is 0 Å². The average Bonchev–Trinajstić information content (AvgIpc) is 2.42. The van der Waals surface area contributed by atoms with Gasteiger partial charge in [0.05, 0.1) is 0 Å². The van der Waals surface area contributed by atoms with E-state index in [0.29, 0.717) is 0 Å². The minimum absolute atomic E-state index is 1.82. The fraction of sp³-hybridized carbons (Fsp3) is 0.692. The summed E-state index contributed by atoms with van der Waals surface area (Å²) in [6, 6.07) is 2.67. The molecule has 0 fully saturated rings. The fourth-order valence-electron chi connectivity index (χ4n) is 1.87. The Balaban J connectivity index is 3.44. The van der Waals surface area contributed by atoms with Crippen LogP contribution in [0.2, 0.25) is 44.5 Å². The second-order valence-electron chi connectivity index (χ2n) is 8.10. The van der Waals surface area contributed by atoms with Gasteiger partial charge in [0.2, 0.25) is 0 Å². The molecule has 0 bridgehead atoms. The molecule has 0 radical (unpaired) electrons. The molecule has 98 valence electrons. The van der Waals surface area contributed by atoms with Crippen LogP contribution in [-0.4, -0.2) is 55.1 Å². The number of rotatable bonds is 3. The van der Waals surface area contributed by atoms with Gasteiger partial charge in [0.15, 0.2) is 0 Å². The van der Waals surface area contributed by atoms with Gasteiger partial charge in [-0.3, -0.25) is 0 Å². The van der Waals surface area contributed by atoms with Crippen LogP contribution in [0.15, 0.2) is 6.07 Å². The van der Waals surface area contributed by atoms with Gasteiger partial charge in [-0.15, -0.1) is 0 Å². The molecule has 0 amide bonds. The van der Waals surface area contributed by atoms with Crippen molar-refractivity contribution in [1.82, 2.24) is 0 Å². The zero-order valence-electron chi connectivity index (χ0n) is 13.0. The van der Waals surface area contributed by atoms with Crippen LogP contribution in [0.5, 0.6) is 0 Å². The van der Waals surface area contributed by atoms with Crippen molar-refractivity contribution in [3.63, 3.8) is 0 Å². The Morgan fingerprint density at radius 3 is 1.41 bits per heavy atom. The molecule has 1 aromatic rings. The quantitative estimate of drug-likeness (QED) is 0.488. The van der Waals surface area contributed by atoms with Gasteiger partial charge in [-0.25, -0.2) is 0 Å². The van der Waals surface area contributed by atoms with Gasteiger partial charge < -0.3 is 0 Å². The molecule has 0 aliphatic rings. The molecular weight excluding hydrogens is 544 g/mol. The molecule has 0 nitrogen and oxygen atoms in total. The zero-order valence-corrected chi connectivity index (χ0v) is 22.4. The van der Waals surface area contributed by atoms with E-state index in [9.17, 15) is 0 Å². The molecular formula is C13H28SSn3. The Bertz CT molecular complexity index is 368. The molecule has 1 rings (SSSR count). The number of hydrogen-bond acceptors (Lipinski definition) is 1. The van der Waals surface area contributed by atoms with Crippen LogP contribution in [0.4, 0.5) is 0 Å². The molecule has 1 heterocycles. The average molecular weight is 573 g/mol. The Hall–Kier alpha value is 2.10. The molecule has 0 unspecified atom stereocenters. The normalized spacial score (nSPS) is 14.2. The predicted molar refractivity (Wildman–Crippen MR) is 93.3 cm³/mol. The molecule has 0 aliphatic carbocycles. The van der Waals surface area contributed by atoms with Gasteiger partial charge in [-0.2, -0.15) is 0 Å². The van der Waals surface area contributed by atoms with Crippen molar-refractivity contribution in [2.75, 3.05) is 0 Å². The first-order valence-electron chi connectivity index (χ1n) is 6.49. The minimum atomic E-state index is -1.90. The van der Waals surface area contributed by atoms with E-state index < -0.39 is 55.1 Å². The molecule has 0 atom stereocenters. The van der Waals surface area contributed by atoms with Gasteiger partial charge in [0, 0.05) is 0 Å². The first kappa shape index (κ1) is 17.1. The van der Waals surface area contributed by atoms with E-state index in [2.05, 4.69) is 61.9 Å². The Kier molecular flexibility index (Phi) is 5.52. The zero-order chi connectivity index (χ0) is 13.6. The topological polar surface area (TPSA) is 0 Å². The van der Waals surface area contributed by atoms with Gasteiger partial charge in [-0.1, -0.05) is 0 Å². The number of thiophene rings is 1. The summed E-state index contributed by atoms with van der Waals surface area (Å²) in [4.78, 5) is 23.2. The van der Waals surface area contributed by atoms with E-state index in [-0.39, 0.29) is 0 Å². The maximum atomic E-state index is 2.67. The van der Waals surface area contributed by atoms with Crippen LogP contribution in [0.25, 0.3) is 0 Å². The van der Waals surface area contributed by atoms with E-state index in [1.807, 2.05) is 9.37 Å². The summed E-state index contributed by atoms with van der Waals surface area (Å²) in [6.07, 6.45) is 0. The molecule has 17 heavy (non-hydrogen) atoms. The summed E-state index contributed by atoms with van der Waals surface area (Å²) >= 11 is -3.41. The van der Waals surface area contributed by atoms with E-state index >= 15 is 0 Å². The first-order chi connectivity index (χ1) is 7.33. The van der Waals surface area contributed by atoms with E-state index in [0.717, 1.165) is 0 Å². The van der Waals surface area contributed by atoms with Crippen molar-refractivity contribution in [1.29, 1.82) is 0 Å². The van der Waals surface area contributed by atoms with Crippen molar-refractivity contribution >= 4 is 75.8 Å². The summed E-state index contributed by atoms with van der Waals surface area (Å²) in [5, 5.41) is 0. The third kappa shape index (κ3) is 4.55. The molecule has 1 aromatic heterocycles. The standard InChI is InChI=1S/C4HS.9CH3.3Sn/c1-2-4-5-3-1;;;;;;;;;;;;/h1H;9*1H3;;;. The van der Waals surface area contributed by atoms with Crippen molar-refractivity contribution in [2.45, 2.75) is 44.5 Å². The second kappa shape index (κ2) is 5.47. The van der Waals surface area contributed by atoms with E-state index in [1.54, 1.807) is 0 Å². The molecule has 0 N–H and O–H groups in total. The third-order valence-electron chi connectivity index (χ3n) is 2.96. The summed E-state index contributed by atoms with van der Waals surface area (Å²) in [7, 11) is 0. The van der Waals surface area contributed by atoms with Crippen molar-refractivity contribution < 1.29 is 0 Å². The van der Waals surface area contributed by atoms with Crippen LogP contribution in [0.1, 0.15) is 0 Å². The van der Waals surface area contributed by atoms with Gasteiger partial charge in [0.1, 0.15) is 0 Å². The SMILES string of the molecule is [CH3][Sn]([CH3])([CH3])[c]1c[c]([Sn]([CH3])([CH3])[CH3])[c]([Sn]([CH3])([CH3])[CH3])s1. The van der Waals surface area contributed by atoms with Crippen molar-refractivity contribution in [3.8, 4) is 0 Å². The first-order valence-corrected chi connectivity index (χ1v) is 37.3. The van der Waals surface area contributed by atoms with Crippen LogP contribution in [0.3, 0.4) is 0 Å². The molecule has 4 heteroatoms. The Morgan fingerprint density at radius 1 is 0.706 bits per heavy atom. The van der Waals surface area contributed by atoms with Crippen molar-refractivity contribution in [2.24, 2.45) is 0 Å².